The summed E-state index contributed by atoms with van der Waals surface area (Å²) in [5.41, 5.74) is 7.75. The molecular formula is C31H35ClN4O5S. The molecule has 0 fully saturated rings. The van der Waals surface area contributed by atoms with Crippen LogP contribution in [-0.4, -0.2) is 52.1 Å². The van der Waals surface area contributed by atoms with Crippen molar-refractivity contribution in [3.63, 3.8) is 0 Å². The zero-order chi connectivity index (χ0) is 29.8. The average molecular weight is 611 g/mol. The minimum Gasteiger partial charge on any atom is -0.487 e. The normalized spacial score (nSPS) is 19.5. The number of benzene rings is 3. The van der Waals surface area contributed by atoms with Gasteiger partial charge >= 0.3 is 5.97 Å². The molecule has 0 radical (unpaired) electrons. The molecule has 1 unspecified atom stereocenters. The predicted molar refractivity (Wildman–Crippen MR) is 163 cm³/mol. The molecule has 9 nitrogen and oxygen atoms in total. The number of rotatable bonds is 7. The van der Waals surface area contributed by atoms with Gasteiger partial charge in [-0.3, -0.25) is 13.9 Å². The van der Waals surface area contributed by atoms with E-state index in [2.05, 4.69) is 22.4 Å². The summed E-state index contributed by atoms with van der Waals surface area (Å²) in [5, 5.41) is 18.9. The first-order chi connectivity index (χ1) is 20.1. The second-order valence-corrected chi connectivity index (χ2v) is 13.7. The molecule has 1 aliphatic carbocycles. The molecule has 0 amide bonds. The summed E-state index contributed by atoms with van der Waals surface area (Å²) in [4.78, 5) is 12.5. The van der Waals surface area contributed by atoms with Gasteiger partial charge in [-0.2, -0.15) is 4.31 Å². The molecule has 222 valence electrons. The number of nitrogens with zero attached hydrogens (tertiary/aromatic N) is 4. The van der Waals surface area contributed by atoms with E-state index in [0.29, 0.717) is 35.2 Å². The largest absolute Gasteiger partial charge is 0.487 e. The fourth-order valence-electron chi connectivity index (χ4n) is 6.42. The Balaban J connectivity index is 1.44. The van der Waals surface area contributed by atoms with Crippen LogP contribution in [0.15, 0.2) is 47.4 Å². The van der Waals surface area contributed by atoms with Gasteiger partial charge in [-0.25, -0.2) is 4.68 Å². The van der Waals surface area contributed by atoms with Gasteiger partial charge in [0.15, 0.2) is 0 Å². The number of halogens is 1. The molecule has 0 saturated heterocycles. The van der Waals surface area contributed by atoms with Gasteiger partial charge in [0, 0.05) is 30.6 Å². The maximum Gasteiger partial charge on any atom is 0.304 e. The van der Waals surface area contributed by atoms with Crippen molar-refractivity contribution in [2.45, 2.75) is 69.4 Å². The molecule has 0 saturated carbocycles. The third kappa shape index (κ3) is 5.16. The minimum atomic E-state index is -3.39. The van der Waals surface area contributed by atoms with E-state index in [9.17, 15) is 19.0 Å². The molecule has 2 atom stereocenters. The van der Waals surface area contributed by atoms with Crippen LogP contribution in [0.2, 0.25) is 5.02 Å². The highest BCUT2D eigenvalue weighted by atomic mass is 35.5. The molecule has 3 aromatic carbocycles. The number of carboxylic acids is 1. The van der Waals surface area contributed by atoms with Crippen molar-refractivity contribution in [2.24, 2.45) is 7.05 Å². The number of hydrogen-bond donors (Lipinski definition) is 3. The van der Waals surface area contributed by atoms with Crippen molar-refractivity contribution in [1.29, 1.82) is 0 Å². The van der Waals surface area contributed by atoms with Crippen LogP contribution in [0, 0.1) is 6.92 Å². The van der Waals surface area contributed by atoms with Gasteiger partial charge in [0.1, 0.15) is 22.3 Å². The smallest absolute Gasteiger partial charge is 0.304 e. The molecule has 0 bridgehead atoms. The number of hydrogen-bond acceptors (Lipinski definition) is 7. The van der Waals surface area contributed by atoms with Crippen molar-refractivity contribution in [3.8, 4) is 5.75 Å². The minimum absolute atomic E-state index is 0.0797. The van der Waals surface area contributed by atoms with E-state index in [-0.39, 0.29) is 12.5 Å². The van der Waals surface area contributed by atoms with Crippen molar-refractivity contribution >= 4 is 39.4 Å². The number of ether oxygens (including phenoxy) is 1. The van der Waals surface area contributed by atoms with E-state index in [0.717, 1.165) is 52.5 Å². The molecule has 1 aliphatic heterocycles. The summed E-state index contributed by atoms with van der Waals surface area (Å²) in [6.07, 6.45) is 3.14. The maximum absolute atomic E-state index is 12.2. The second kappa shape index (κ2) is 11.2. The number of carboxylic acid groups (broad SMARTS) is 1. The van der Waals surface area contributed by atoms with Crippen LogP contribution in [0.25, 0.3) is 11.0 Å². The first kappa shape index (κ1) is 28.9. The Morgan fingerprint density at radius 2 is 2.00 bits per heavy atom. The standard InChI is InChI=1S/C31H35ClN4O5S/c1-4-23-17-36(42(39,40)29-11-8-22(32)14-28(29)41-23)16-21-13-20(12-19-6-5-7-25(19)21)26(15-30(37)38)24-9-10-27-31(18(24)2)33-34-35(27)3/h8-14,23,26,39-40H,4-7,15-17H2,1-3H3,(H,37,38)/t23-,26?/m1/s1. The molecule has 0 spiro atoms. The Hall–Kier alpha value is -3.15. The second-order valence-electron chi connectivity index (χ2n) is 11.3. The lowest BCUT2D eigenvalue weighted by molar-refractivity contribution is -0.137. The molecule has 6 rings (SSSR count). The monoisotopic (exact) mass is 610 g/mol. The topological polar surface area (TPSA) is 121 Å². The van der Waals surface area contributed by atoms with Gasteiger partial charge < -0.3 is 9.84 Å². The lowest BCUT2D eigenvalue weighted by Gasteiger charge is -2.42. The highest BCUT2D eigenvalue weighted by Gasteiger charge is 2.36. The van der Waals surface area contributed by atoms with Crippen LogP contribution in [0.5, 0.6) is 5.75 Å². The van der Waals surface area contributed by atoms with Crippen LogP contribution in [0.4, 0.5) is 0 Å². The molecule has 2 aliphatic rings. The highest BCUT2D eigenvalue weighted by molar-refractivity contribution is 8.22. The third-order valence-electron chi connectivity index (χ3n) is 8.63. The summed E-state index contributed by atoms with van der Waals surface area (Å²) < 4.78 is 32.9. The third-order valence-corrected chi connectivity index (χ3v) is 10.8. The molecule has 42 heavy (non-hydrogen) atoms. The van der Waals surface area contributed by atoms with Gasteiger partial charge in [0.05, 0.1) is 18.5 Å². The van der Waals surface area contributed by atoms with E-state index >= 15 is 0 Å². The Morgan fingerprint density at radius 1 is 1.19 bits per heavy atom. The van der Waals surface area contributed by atoms with E-state index < -0.39 is 22.7 Å². The summed E-state index contributed by atoms with van der Waals surface area (Å²) in [7, 11) is -1.55. The Bertz CT molecular complexity index is 1690. The lowest BCUT2D eigenvalue weighted by atomic mass is 9.83. The van der Waals surface area contributed by atoms with E-state index in [1.807, 2.05) is 33.0 Å². The quantitative estimate of drug-likeness (QED) is 0.211. The zero-order valence-corrected chi connectivity index (χ0v) is 25.5. The summed E-state index contributed by atoms with van der Waals surface area (Å²) in [6.45, 7) is 4.60. The Morgan fingerprint density at radius 3 is 2.76 bits per heavy atom. The number of aromatic nitrogens is 3. The summed E-state index contributed by atoms with van der Waals surface area (Å²) >= 11 is 6.22. The molecule has 11 heteroatoms. The van der Waals surface area contributed by atoms with Crippen LogP contribution < -0.4 is 4.74 Å². The fourth-order valence-corrected chi connectivity index (χ4v) is 8.18. The molecule has 1 aromatic heterocycles. The molecule has 2 heterocycles. The van der Waals surface area contributed by atoms with Crippen LogP contribution in [-0.2, 0) is 31.2 Å². The average Bonchev–Trinajstić information content (AvgIpc) is 3.55. The first-order valence-electron chi connectivity index (χ1n) is 14.2. The number of fused-ring (bicyclic) bond motifs is 3. The van der Waals surface area contributed by atoms with Crippen LogP contribution >= 0.6 is 22.4 Å². The lowest BCUT2D eigenvalue weighted by Crippen LogP contribution is -2.34. The number of carbonyl (C=O) groups is 1. The summed E-state index contributed by atoms with van der Waals surface area (Å²) in [5.74, 6) is -0.898. The van der Waals surface area contributed by atoms with E-state index in [4.69, 9.17) is 16.3 Å². The zero-order valence-electron chi connectivity index (χ0n) is 23.9. The van der Waals surface area contributed by atoms with Gasteiger partial charge in [0.2, 0.25) is 0 Å². The van der Waals surface area contributed by atoms with Gasteiger partial charge in [-0.15, -0.1) is 15.9 Å². The number of aryl methyl sites for hydroxylation is 3. The first-order valence-corrected chi connectivity index (χ1v) is 16.1. The summed E-state index contributed by atoms with van der Waals surface area (Å²) in [6, 6.07) is 13.1. The van der Waals surface area contributed by atoms with Crippen molar-refractivity contribution in [2.75, 3.05) is 6.54 Å². The fraction of sp³-hybridized carbons (Fsp3) is 0.387. The number of aliphatic carboxylic acids is 1. The molecular weight excluding hydrogens is 576 g/mol. The van der Waals surface area contributed by atoms with Crippen molar-refractivity contribution < 1.29 is 23.7 Å². The van der Waals surface area contributed by atoms with Crippen LogP contribution in [0.3, 0.4) is 0 Å². The van der Waals surface area contributed by atoms with Crippen LogP contribution in [0.1, 0.15) is 65.5 Å². The Labute approximate surface area is 251 Å². The van der Waals surface area contributed by atoms with Gasteiger partial charge in [-0.1, -0.05) is 41.9 Å². The van der Waals surface area contributed by atoms with Crippen molar-refractivity contribution in [1.82, 2.24) is 19.3 Å². The molecule has 4 aromatic rings. The Kier molecular flexibility index (Phi) is 7.69. The molecule has 3 N–H and O–H groups in total. The van der Waals surface area contributed by atoms with E-state index in [1.165, 1.54) is 11.1 Å². The predicted octanol–water partition coefficient (Wildman–Crippen LogP) is 6.72. The van der Waals surface area contributed by atoms with E-state index in [1.54, 1.807) is 27.2 Å². The SMILES string of the molecule is CC[C@@H]1CN(Cc2cc(C(CC(=O)O)c3ccc4c(nnn4C)c3C)cc3c2CCC3)S(O)(O)c2ccc(Cl)cc2O1. The van der Waals surface area contributed by atoms with Gasteiger partial charge in [0.25, 0.3) is 0 Å². The van der Waals surface area contributed by atoms with Crippen molar-refractivity contribution in [3.05, 3.63) is 80.9 Å². The highest BCUT2D eigenvalue weighted by Crippen LogP contribution is 2.58. The maximum atomic E-state index is 12.2. The van der Waals surface area contributed by atoms with Gasteiger partial charge in [-0.05, 0) is 84.2 Å².